The maximum Gasteiger partial charge on any atom is 0.252 e. The summed E-state index contributed by atoms with van der Waals surface area (Å²) in [4.78, 5) is 17.9. The van der Waals surface area contributed by atoms with E-state index >= 15 is 0 Å². The topological polar surface area (TPSA) is 59.8 Å². The third kappa shape index (κ3) is 9.89. The second-order valence-corrected chi connectivity index (χ2v) is 10.9. The van der Waals surface area contributed by atoms with Gasteiger partial charge in [-0.3, -0.25) is 9.48 Å². The molecule has 1 aromatic carbocycles. The van der Waals surface area contributed by atoms with Gasteiger partial charge in [0.25, 0.3) is 5.91 Å². The number of hydrogen-bond acceptors (Lipinski definition) is 3. The third-order valence-electron chi connectivity index (χ3n) is 7.57. The van der Waals surface area contributed by atoms with Crippen molar-refractivity contribution in [2.24, 2.45) is 7.05 Å². The Kier molecular flexibility index (Phi) is 13.4. The van der Waals surface area contributed by atoms with Crippen LogP contribution in [0.2, 0.25) is 0 Å². The summed E-state index contributed by atoms with van der Waals surface area (Å²) >= 11 is 0. The number of amides is 1. The Bertz CT molecular complexity index is 1100. The van der Waals surface area contributed by atoms with E-state index in [1.165, 1.54) is 96.3 Å². The minimum Gasteiger partial charge on any atom is -0.352 e. The van der Waals surface area contributed by atoms with Crippen LogP contribution in [0.4, 0.5) is 0 Å². The van der Waals surface area contributed by atoms with Crippen LogP contribution in [0, 0.1) is 6.92 Å². The standard InChI is InChI=1S/C33H50N4O/c1-4-5-6-7-8-9-10-11-12-13-14-15-16-17-18-21-24-34-33(38)29-25-32(30-26-37(3)36-27(30)2)35-31-23-20-19-22-28(29)31/h19-20,22-23,25-26H,4-18,21,24H2,1-3H3,(H,34,38). The molecule has 5 nitrogen and oxygen atoms in total. The highest BCUT2D eigenvalue weighted by atomic mass is 16.1. The van der Waals surface area contributed by atoms with Crippen molar-refractivity contribution in [1.82, 2.24) is 20.1 Å². The molecular weight excluding hydrogens is 468 g/mol. The maximum absolute atomic E-state index is 13.1. The maximum atomic E-state index is 13.1. The summed E-state index contributed by atoms with van der Waals surface area (Å²) in [7, 11) is 1.91. The first-order chi connectivity index (χ1) is 18.6. The fourth-order valence-electron chi connectivity index (χ4n) is 5.32. The molecule has 5 heteroatoms. The van der Waals surface area contributed by atoms with Crippen LogP contribution in [0.3, 0.4) is 0 Å². The SMILES string of the molecule is CCCCCCCCCCCCCCCCCCNC(=O)c1cc(-c2cn(C)nc2C)nc2ccccc12. The lowest BCUT2D eigenvalue weighted by Gasteiger charge is -2.10. The quantitative estimate of drug-likeness (QED) is 0.161. The number of para-hydroxylation sites is 1. The molecule has 0 aliphatic rings. The number of pyridine rings is 1. The van der Waals surface area contributed by atoms with Crippen LogP contribution in [0.15, 0.2) is 36.5 Å². The van der Waals surface area contributed by atoms with Crippen molar-refractivity contribution < 1.29 is 4.79 Å². The fourth-order valence-corrected chi connectivity index (χ4v) is 5.32. The Morgan fingerprint density at radius 2 is 1.37 bits per heavy atom. The molecule has 3 rings (SSSR count). The van der Waals surface area contributed by atoms with E-state index in [4.69, 9.17) is 4.98 Å². The number of fused-ring (bicyclic) bond motifs is 1. The Morgan fingerprint density at radius 3 is 1.92 bits per heavy atom. The molecule has 0 aliphatic heterocycles. The zero-order valence-electron chi connectivity index (χ0n) is 24.2. The molecule has 1 amide bonds. The van der Waals surface area contributed by atoms with Crippen LogP contribution >= 0.6 is 0 Å². The number of unbranched alkanes of at least 4 members (excludes halogenated alkanes) is 15. The van der Waals surface area contributed by atoms with Crippen molar-refractivity contribution in [1.29, 1.82) is 0 Å². The molecule has 3 aromatic rings. The van der Waals surface area contributed by atoms with Gasteiger partial charge in [-0.2, -0.15) is 5.10 Å². The van der Waals surface area contributed by atoms with E-state index in [0.717, 1.165) is 40.8 Å². The molecule has 0 saturated carbocycles. The van der Waals surface area contributed by atoms with E-state index in [0.29, 0.717) is 5.56 Å². The van der Waals surface area contributed by atoms with Gasteiger partial charge in [0, 0.05) is 30.7 Å². The summed E-state index contributed by atoms with van der Waals surface area (Å²) in [5, 5.41) is 8.49. The number of aromatic nitrogens is 3. The van der Waals surface area contributed by atoms with Crippen molar-refractivity contribution in [3.63, 3.8) is 0 Å². The zero-order chi connectivity index (χ0) is 27.0. The van der Waals surface area contributed by atoms with Crippen LogP contribution in [0.25, 0.3) is 22.2 Å². The largest absolute Gasteiger partial charge is 0.352 e. The average molecular weight is 519 g/mol. The number of hydrogen-bond donors (Lipinski definition) is 1. The highest BCUT2D eigenvalue weighted by molar-refractivity contribution is 6.07. The number of carbonyl (C=O) groups excluding carboxylic acids is 1. The minimum absolute atomic E-state index is 0.0210. The lowest BCUT2D eigenvalue weighted by atomic mass is 10.0. The zero-order valence-corrected chi connectivity index (χ0v) is 24.2. The van der Waals surface area contributed by atoms with Gasteiger partial charge in [-0.25, -0.2) is 4.98 Å². The Labute approximate surface area is 230 Å². The first kappa shape index (κ1) is 29.9. The summed E-state index contributed by atoms with van der Waals surface area (Å²) in [6, 6.07) is 9.79. The van der Waals surface area contributed by atoms with Gasteiger partial charge in [0.15, 0.2) is 0 Å². The summed E-state index contributed by atoms with van der Waals surface area (Å²) in [5.41, 5.74) is 4.19. The Hall–Kier alpha value is -2.69. The molecule has 1 N–H and O–H groups in total. The van der Waals surface area contributed by atoms with Gasteiger partial charge < -0.3 is 5.32 Å². The van der Waals surface area contributed by atoms with Crippen LogP contribution in [0.1, 0.15) is 126 Å². The molecule has 0 radical (unpaired) electrons. The van der Waals surface area contributed by atoms with Crippen LogP contribution in [0.5, 0.6) is 0 Å². The number of rotatable bonds is 19. The molecule has 208 valence electrons. The normalized spacial score (nSPS) is 11.3. The fraction of sp³-hybridized carbons (Fsp3) is 0.606. The van der Waals surface area contributed by atoms with Gasteiger partial charge in [0.1, 0.15) is 0 Å². The van der Waals surface area contributed by atoms with E-state index in [2.05, 4.69) is 17.3 Å². The smallest absolute Gasteiger partial charge is 0.252 e. The lowest BCUT2D eigenvalue weighted by Crippen LogP contribution is -2.24. The molecule has 2 aromatic heterocycles. The highest BCUT2D eigenvalue weighted by Gasteiger charge is 2.16. The monoisotopic (exact) mass is 518 g/mol. The molecule has 38 heavy (non-hydrogen) atoms. The first-order valence-corrected chi connectivity index (χ1v) is 15.3. The predicted molar refractivity (Wildman–Crippen MR) is 161 cm³/mol. The number of nitrogens with zero attached hydrogens (tertiary/aromatic N) is 3. The van der Waals surface area contributed by atoms with Gasteiger partial charge >= 0.3 is 0 Å². The number of aryl methyl sites for hydroxylation is 2. The first-order valence-electron chi connectivity index (χ1n) is 15.3. The van der Waals surface area contributed by atoms with Crippen LogP contribution < -0.4 is 5.32 Å². The van der Waals surface area contributed by atoms with E-state index < -0.39 is 0 Å². The summed E-state index contributed by atoms with van der Waals surface area (Å²) in [6.45, 7) is 4.98. The van der Waals surface area contributed by atoms with Crippen molar-refractivity contribution in [2.45, 2.75) is 117 Å². The van der Waals surface area contributed by atoms with Crippen molar-refractivity contribution in [3.8, 4) is 11.3 Å². The minimum atomic E-state index is -0.0210. The summed E-state index contributed by atoms with van der Waals surface area (Å²) in [5.74, 6) is -0.0210. The Balaban J connectivity index is 1.30. The van der Waals surface area contributed by atoms with E-state index in [1.807, 2.05) is 50.5 Å². The number of nitrogens with one attached hydrogen (secondary N) is 1. The van der Waals surface area contributed by atoms with E-state index in [9.17, 15) is 4.79 Å². The second-order valence-electron chi connectivity index (χ2n) is 10.9. The van der Waals surface area contributed by atoms with Crippen molar-refractivity contribution >= 4 is 16.8 Å². The molecule has 0 bridgehead atoms. The predicted octanol–water partition coefficient (Wildman–Crippen LogP) is 8.94. The number of benzene rings is 1. The lowest BCUT2D eigenvalue weighted by molar-refractivity contribution is 0.0954. The van der Waals surface area contributed by atoms with Gasteiger partial charge in [-0.1, -0.05) is 121 Å². The number of carbonyl (C=O) groups is 1. The van der Waals surface area contributed by atoms with Gasteiger partial charge in [0.05, 0.1) is 22.5 Å². The molecular formula is C33H50N4O. The van der Waals surface area contributed by atoms with Gasteiger partial charge in [-0.05, 0) is 25.5 Å². The Morgan fingerprint density at radius 1 is 0.816 bits per heavy atom. The van der Waals surface area contributed by atoms with Gasteiger partial charge in [-0.15, -0.1) is 0 Å². The molecule has 0 atom stereocenters. The summed E-state index contributed by atoms with van der Waals surface area (Å²) < 4.78 is 1.79. The molecule has 0 spiro atoms. The molecule has 0 aliphatic carbocycles. The van der Waals surface area contributed by atoms with E-state index in [1.54, 1.807) is 4.68 Å². The van der Waals surface area contributed by atoms with Crippen LogP contribution in [-0.4, -0.2) is 27.2 Å². The van der Waals surface area contributed by atoms with Gasteiger partial charge in [0.2, 0.25) is 0 Å². The molecule has 0 unspecified atom stereocenters. The van der Waals surface area contributed by atoms with Crippen molar-refractivity contribution in [3.05, 3.63) is 47.8 Å². The average Bonchev–Trinajstić information content (AvgIpc) is 3.27. The third-order valence-corrected chi connectivity index (χ3v) is 7.57. The molecule has 2 heterocycles. The highest BCUT2D eigenvalue weighted by Crippen LogP contribution is 2.26. The van der Waals surface area contributed by atoms with Crippen LogP contribution in [-0.2, 0) is 7.05 Å². The molecule has 0 saturated heterocycles. The summed E-state index contributed by atoms with van der Waals surface area (Å²) in [6.07, 6.45) is 23.6. The molecule has 0 fully saturated rings. The van der Waals surface area contributed by atoms with Crippen molar-refractivity contribution in [2.75, 3.05) is 6.54 Å². The second kappa shape index (κ2) is 17.0. The van der Waals surface area contributed by atoms with E-state index in [-0.39, 0.29) is 5.91 Å².